The maximum Gasteiger partial charge on any atom is 0.348 e. The second-order valence-corrected chi connectivity index (χ2v) is 2.94. The Morgan fingerprint density at radius 3 is 2.00 bits per heavy atom. The monoisotopic (exact) mass is 230 g/mol. The number of hydrogen-bond acceptors (Lipinski definition) is 3. The number of carboxylic acid groups (broad SMARTS) is 1. The summed E-state index contributed by atoms with van der Waals surface area (Å²) >= 11 is 0. The number of hydrogen-bond donors (Lipinski definition) is 2. The van der Waals surface area contributed by atoms with Crippen LogP contribution in [0.2, 0.25) is 0 Å². The maximum absolute atomic E-state index is 11.1. The van der Waals surface area contributed by atoms with E-state index in [4.69, 9.17) is 5.11 Å². The third-order valence-electron chi connectivity index (χ3n) is 2.01. The predicted molar refractivity (Wildman–Crippen MR) is 55.9 cm³/mol. The molecule has 0 aromatic heterocycles. The average molecular weight is 231 g/mol. The molecule has 0 saturated carbocycles. The molecule has 15 heavy (non-hydrogen) atoms. The van der Waals surface area contributed by atoms with E-state index in [-0.39, 0.29) is 18.0 Å². The molecule has 0 spiro atoms. The van der Waals surface area contributed by atoms with Gasteiger partial charge in [0.05, 0.1) is 0 Å². The maximum atomic E-state index is 11.1. The molecule has 0 radical (unpaired) electrons. The zero-order valence-corrected chi connectivity index (χ0v) is 8.82. The lowest BCUT2D eigenvalue weighted by Gasteiger charge is -2.20. The normalized spacial score (nSPS) is 13.5. The van der Waals surface area contributed by atoms with Gasteiger partial charge < -0.3 is 10.2 Å². The number of carboxylic acids is 1. The van der Waals surface area contributed by atoms with Gasteiger partial charge in [0.1, 0.15) is 0 Å². The van der Waals surface area contributed by atoms with E-state index >= 15 is 0 Å². The van der Waals surface area contributed by atoms with Crippen molar-refractivity contribution in [2.45, 2.75) is 12.5 Å². The standard InChI is InChI=1S/C10H10O4.ClH/c1-7(11)10(14,9(12)13)8-5-3-2-4-6-8;/h2-6,14H,1H3,(H,12,13);1H. The van der Waals surface area contributed by atoms with Gasteiger partial charge in [0.2, 0.25) is 5.60 Å². The molecule has 0 aliphatic carbocycles. The summed E-state index contributed by atoms with van der Waals surface area (Å²) in [6.45, 7) is 1.04. The van der Waals surface area contributed by atoms with Crippen LogP contribution < -0.4 is 0 Å². The second kappa shape index (κ2) is 4.91. The van der Waals surface area contributed by atoms with Crippen molar-refractivity contribution in [1.82, 2.24) is 0 Å². The first-order valence-electron chi connectivity index (χ1n) is 4.02. The topological polar surface area (TPSA) is 74.6 Å². The highest BCUT2D eigenvalue weighted by molar-refractivity contribution is 6.05. The number of ketones is 1. The van der Waals surface area contributed by atoms with E-state index in [0.717, 1.165) is 6.92 Å². The van der Waals surface area contributed by atoms with Gasteiger partial charge in [-0.15, -0.1) is 12.4 Å². The Morgan fingerprint density at radius 2 is 1.67 bits per heavy atom. The molecule has 0 aliphatic heterocycles. The third-order valence-corrected chi connectivity index (χ3v) is 2.01. The Balaban J connectivity index is 0.00000196. The van der Waals surface area contributed by atoms with Gasteiger partial charge in [-0.3, -0.25) is 4.79 Å². The Morgan fingerprint density at radius 1 is 1.20 bits per heavy atom. The SMILES string of the molecule is CC(=O)C(O)(C(=O)O)c1ccccc1.Cl. The quantitative estimate of drug-likeness (QED) is 0.759. The molecule has 5 heteroatoms. The van der Waals surface area contributed by atoms with Crippen LogP contribution in [0.3, 0.4) is 0 Å². The van der Waals surface area contributed by atoms with Gasteiger partial charge in [0.15, 0.2) is 5.78 Å². The number of carbonyl (C=O) groups is 2. The van der Waals surface area contributed by atoms with E-state index in [2.05, 4.69) is 0 Å². The summed E-state index contributed by atoms with van der Waals surface area (Å²) < 4.78 is 0. The number of halogens is 1. The van der Waals surface area contributed by atoms with E-state index in [1.807, 2.05) is 0 Å². The molecule has 0 aliphatic rings. The van der Waals surface area contributed by atoms with Gasteiger partial charge in [0.25, 0.3) is 0 Å². The molecule has 1 atom stereocenters. The fourth-order valence-electron chi connectivity index (χ4n) is 1.16. The molecule has 0 heterocycles. The highest BCUT2D eigenvalue weighted by atomic mass is 35.5. The number of Topliss-reactive ketones (excluding diaryl/α,β-unsaturated/α-hetero) is 1. The minimum Gasteiger partial charge on any atom is -0.479 e. The molecule has 0 saturated heterocycles. The van der Waals surface area contributed by atoms with Crippen LogP contribution in [0, 0.1) is 0 Å². The summed E-state index contributed by atoms with van der Waals surface area (Å²) in [5.41, 5.74) is -2.36. The Hall–Kier alpha value is -1.39. The molecule has 0 bridgehead atoms. The first-order chi connectivity index (χ1) is 6.49. The van der Waals surface area contributed by atoms with Gasteiger partial charge in [-0.2, -0.15) is 0 Å². The molecule has 1 rings (SSSR count). The van der Waals surface area contributed by atoms with Crippen molar-refractivity contribution in [3.8, 4) is 0 Å². The molecule has 82 valence electrons. The van der Waals surface area contributed by atoms with Gasteiger partial charge in [-0.1, -0.05) is 30.3 Å². The smallest absolute Gasteiger partial charge is 0.348 e. The van der Waals surface area contributed by atoms with Crippen molar-refractivity contribution < 1.29 is 19.8 Å². The zero-order valence-electron chi connectivity index (χ0n) is 8.01. The number of carbonyl (C=O) groups excluding carboxylic acids is 1. The minimum atomic E-state index is -2.43. The number of aliphatic hydroxyl groups is 1. The Labute approximate surface area is 93.0 Å². The summed E-state index contributed by atoms with van der Waals surface area (Å²) in [5, 5.41) is 18.5. The van der Waals surface area contributed by atoms with E-state index in [0.29, 0.717) is 0 Å². The highest BCUT2D eigenvalue weighted by Crippen LogP contribution is 2.22. The van der Waals surface area contributed by atoms with Gasteiger partial charge in [0, 0.05) is 5.56 Å². The lowest BCUT2D eigenvalue weighted by Crippen LogP contribution is -2.42. The number of rotatable bonds is 3. The van der Waals surface area contributed by atoms with Crippen molar-refractivity contribution in [2.75, 3.05) is 0 Å². The van der Waals surface area contributed by atoms with Crippen molar-refractivity contribution >= 4 is 24.2 Å². The first-order valence-corrected chi connectivity index (χ1v) is 4.02. The van der Waals surface area contributed by atoms with Crippen molar-refractivity contribution in [1.29, 1.82) is 0 Å². The largest absolute Gasteiger partial charge is 0.479 e. The number of benzene rings is 1. The average Bonchev–Trinajstić information content (AvgIpc) is 2.17. The molecular formula is C10H11ClO4. The van der Waals surface area contributed by atoms with Crippen LogP contribution in [-0.2, 0) is 15.2 Å². The van der Waals surface area contributed by atoms with E-state index in [1.54, 1.807) is 18.2 Å². The van der Waals surface area contributed by atoms with E-state index < -0.39 is 17.4 Å². The van der Waals surface area contributed by atoms with Crippen LogP contribution in [0.4, 0.5) is 0 Å². The van der Waals surface area contributed by atoms with Crippen LogP contribution in [0.25, 0.3) is 0 Å². The zero-order chi connectivity index (χ0) is 10.8. The number of aliphatic carboxylic acids is 1. The molecule has 1 aromatic rings. The molecule has 1 aromatic carbocycles. The summed E-state index contributed by atoms with van der Waals surface area (Å²) in [4.78, 5) is 21.9. The molecule has 2 N–H and O–H groups in total. The Bertz CT molecular complexity index is 347. The summed E-state index contributed by atoms with van der Waals surface area (Å²) in [6.07, 6.45) is 0. The molecule has 0 amide bonds. The fourth-order valence-corrected chi connectivity index (χ4v) is 1.16. The molecule has 0 fully saturated rings. The van der Waals surface area contributed by atoms with Gasteiger partial charge >= 0.3 is 5.97 Å². The third kappa shape index (κ3) is 2.34. The lowest BCUT2D eigenvalue weighted by molar-refractivity contribution is -0.165. The fraction of sp³-hybridized carbons (Fsp3) is 0.200. The van der Waals surface area contributed by atoms with Crippen molar-refractivity contribution in [3.05, 3.63) is 35.9 Å². The second-order valence-electron chi connectivity index (χ2n) is 2.94. The van der Waals surface area contributed by atoms with Crippen LogP contribution in [0.15, 0.2) is 30.3 Å². The summed E-state index contributed by atoms with van der Waals surface area (Å²) in [7, 11) is 0. The molecular weight excluding hydrogens is 220 g/mol. The minimum absolute atomic E-state index is 0. The van der Waals surface area contributed by atoms with Crippen molar-refractivity contribution in [2.24, 2.45) is 0 Å². The first kappa shape index (κ1) is 13.6. The van der Waals surface area contributed by atoms with E-state index in [9.17, 15) is 14.7 Å². The van der Waals surface area contributed by atoms with Crippen LogP contribution in [0.1, 0.15) is 12.5 Å². The van der Waals surface area contributed by atoms with Gasteiger partial charge in [-0.05, 0) is 6.92 Å². The van der Waals surface area contributed by atoms with E-state index in [1.165, 1.54) is 12.1 Å². The highest BCUT2D eigenvalue weighted by Gasteiger charge is 2.43. The van der Waals surface area contributed by atoms with Gasteiger partial charge in [-0.25, -0.2) is 4.79 Å². The van der Waals surface area contributed by atoms with Crippen LogP contribution in [-0.4, -0.2) is 22.0 Å². The van der Waals surface area contributed by atoms with Crippen LogP contribution >= 0.6 is 12.4 Å². The lowest BCUT2D eigenvalue weighted by atomic mass is 9.90. The molecule has 1 unspecified atom stereocenters. The Kier molecular flexibility index (Phi) is 4.45. The summed E-state index contributed by atoms with van der Waals surface area (Å²) in [6, 6.07) is 7.59. The van der Waals surface area contributed by atoms with Crippen LogP contribution in [0.5, 0.6) is 0 Å². The molecule has 4 nitrogen and oxygen atoms in total. The summed E-state index contributed by atoms with van der Waals surface area (Å²) in [5.74, 6) is -2.37. The van der Waals surface area contributed by atoms with Crippen molar-refractivity contribution in [3.63, 3.8) is 0 Å². The predicted octanol–water partition coefficient (Wildman–Crippen LogP) is 0.970.